The highest BCUT2D eigenvalue weighted by Gasteiger charge is 2.13. The van der Waals surface area contributed by atoms with Crippen molar-refractivity contribution in [1.29, 1.82) is 0 Å². The summed E-state index contributed by atoms with van der Waals surface area (Å²) in [6, 6.07) is 10.3. The first-order chi connectivity index (χ1) is 7.64. The van der Waals surface area contributed by atoms with Gasteiger partial charge in [0.2, 0.25) is 0 Å². The maximum Gasteiger partial charge on any atom is 0.0636 e. The van der Waals surface area contributed by atoms with E-state index in [0.717, 1.165) is 25.3 Å². The summed E-state index contributed by atoms with van der Waals surface area (Å²) >= 11 is 5.69. The largest absolute Gasteiger partial charge is 0.292 e. The van der Waals surface area contributed by atoms with Gasteiger partial charge in [0, 0.05) is 12.1 Å². The minimum atomic E-state index is 0.156. The predicted molar refractivity (Wildman–Crippen MR) is 72.4 cm³/mol. The molecular formula is C14H20ClN. The van der Waals surface area contributed by atoms with E-state index in [9.17, 15) is 0 Å². The highest BCUT2D eigenvalue weighted by molar-refractivity contribution is 6.17. The molecule has 0 amide bonds. The van der Waals surface area contributed by atoms with Gasteiger partial charge in [-0.15, -0.1) is 11.6 Å². The Labute approximate surface area is 104 Å². The van der Waals surface area contributed by atoms with E-state index in [-0.39, 0.29) is 5.41 Å². The van der Waals surface area contributed by atoms with Crippen LogP contribution in [0.15, 0.2) is 35.3 Å². The molecule has 1 aromatic rings. The molecule has 1 rings (SSSR count). The smallest absolute Gasteiger partial charge is 0.0636 e. The van der Waals surface area contributed by atoms with Gasteiger partial charge in [0.05, 0.1) is 6.54 Å². The highest BCUT2D eigenvalue weighted by Crippen LogP contribution is 2.20. The molecule has 16 heavy (non-hydrogen) atoms. The average molecular weight is 238 g/mol. The van der Waals surface area contributed by atoms with Crippen LogP contribution >= 0.6 is 11.6 Å². The van der Waals surface area contributed by atoms with Crippen LogP contribution in [-0.2, 0) is 6.54 Å². The second-order valence-electron chi connectivity index (χ2n) is 4.74. The number of benzene rings is 1. The monoisotopic (exact) mass is 237 g/mol. The van der Waals surface area contributed by atoms with Gasteiger partial charge in [-0.2, -0.15) is 0 Å². The van der Waals surface area contributed by atoms with Crippen molar-refractivity contribution >= 4 is 17.8 Å². The summed E-state index contributed by atoms with van der Waals surface area (Å²) in [4.78, 5) is 4.50. The quantitative estimate of drug-likeness (QED) is 0.517. The first-order valence-corrected chi connectivity index (χ1v) is 6.28. The van der Waals surface area contributed by atoms with Gasteiger partial charge < -0.3 is 0 Å². The fourth-order valence-corrected chi connectivity index (χ4v) is 1.70. The van der Waals surface area contributed by atoms with Crippen LogP contribution in [0.3, 0.4) is 0 Å². The lowest BCUT2D eigenvalue weighted by atomic mass is 9.90. The van der Waals surface area contributed by atoms with Crippen LogP contribution in [-0.4, -0.2) is 12.1 Å². The summed E-state index contributed by atoms with van der Waals surface area (Å²) in [5.41, 5.74) is 1.41. The summed E-state index contributed by atoms with van der Waals surface area (Å²) in [5.74, 6) is 0.732. The van der Waals surface area contributed by atoms with Gasteiger partial charge in [-0.25, -0.2) is 0 Å². The summed E-state index contributed by atoms with van der Waals surface area (Å²) in [6.07, 6.45) is 4.20. The van der Waals surface area contributed by atoms with E-state index in [0.29, 0.717) is 0 Å². The maximum atomic E-state index is 5.69. The number of aliphatic imine (C=N–C) groups is 1. The van der Waals surface area contributed by atoms with Gasteiger partial charge in [0.25, 0.3) is 0 Å². The molecule has 0 bridgehead atoms. The van der Waals surface area contributed by atoms with Crippen molar-refractivity contribution < 1.29 is 0 Å². The van der Waals surface area contributed by atoms with Crippen molar-refractivity contribution in [2.24, 2.45) is 10.4 Å². The molecular weight excluding hydrogens is 218 g/mol. The van der Waals surface area contributed by atoms with E-state index in [1.165, 1.54) is 5.56 Å². The van der Waals surface area contributed by atoms with E-state index < -0.39 is 0 Å². The van der Waals surface area contributed by atoms with E-state index >= 15 is 0 Å². The number of halogens is 1. The van der Waals surface area contributed by atoms with E-state index in [1.807, 2.05) is 18.2 Å². The second kappa shape index (κ2) is 6.70. The van der Waals surface area contributed by atoms with Gasteiger partial charge in [0.1, 0.15) is 0 Å². The number of rotatable bonds is 6. The molecule has 0 radical (unpaired) electrons. The molecule has 0 saturated carbocycles. The molecule has 1 nitrogen and oxygen atoms in total. The third-order valence-corrected chi connectivity index (χ3v) is 2.78. The molecule has 0 aliphatic rings. The fraction of sp³-hybridized carbons (Fsp3) is 0.500. The first-order valence-electron chi connectivity index (χ1n) is 5.75. The lowest BCUT2D eigenvalue weighted by Crippen LogP contribution is -2.13. The van der Waals surface area contributed by atoms with Gasteiger partial charge in [-0.05, 0) is 23.8 Å². The zero-order valence-corrected chi connectivity index (χ0v) is 10.9. The lowest BCUT2D eigenvalue weighted by molar-refractivity contribution is 0.480. The topological polar surface area (TPSA) is 12.4 Å². The van der Waals surface area contributed by atoms with Crippen molar-refractivity contribution in [3.63, 3.8) is 0 Å². The number of nitrogens with zero attached hydrogens (tertiary/aromatic N) is 1. The third-order valence-electron chi connectivity index (χ3n) is 2.51. The maximum absolute atomic E-state index is 5.69. The molecule has 0 aliphatic carbocycles. The summed E-state index contributed by atoms with van der Waals surface area (Å²) in [7, 11) is 0. The van der Waals surface area contributed by atoms with Crippen LogP contribution in [0.4, 0.5) is 0 Å². The van der Waals surface area contributed by atoms with Crippen LogP contribution in [0, 0.1) is 5.41 Å². The number of hydrogen-bond acceptors (Lipinski definition) is 1. The zero-order chi connectivity index (χ0) is 11.9. The molecule has 0 N–H and O–H groups in total. The molecule has 0 heterocycles. The molecule has 1 aromatic carbocycles. The predicted octanol–water partition coefficient (Wildman–Crippen LogP) is 4.30. The molecule has 0 atom stereocenters. The van der Waals surface area contributed by atoms with Crippen LogP contribution in [0.5, 0.6) is 0 Å². The van der Waals surface area contributed by atoms with Crippen LogP contribution in [0.2, 0.25) is 0 Å². The Morgan fingerprint density at radius 2 is 1.94 bits per heavy atom. The summed E-state index contributed by atoms with van der Waals surface area (Å²) < 4.78 is 0. The molecule has 0 unspecified atom stereocenters. The van der Waals surface area contributed by atoms with Crippen molar-refractivity contribution in [1.82, 2.24) is 0 Å². The van der Waals surface area contributed by atoms with Gasteiger partial charge >= 0.3 is 0 Å². The average Bonchev–Trinajstić information content (AvgIpc) is 2.28. The Morgan fingerprint density at radius 3 is 2.56 bits per heavy atom. The Hall–Kier alpha value is -0.820. The van der Waals surface area contributed by atoms with Crippen LogP contribution < -0.4 is 0 Å². The molecule has 2 heteroatoms. The molecule has 0 aromatic heterocycles. The van der Waals surface area contributed by atoms with E-state index in [1.54, 1.807) is 0 Å². The standard InChI is InChI=1S/C14H20ClN/c1-14(2,9-6-10-15)12-16-11-13-7-4-3-5-8-13/h3-5,7-8,12H,6,9-11H2,1-2H3. The van der Waals surface area contributed by atoms with Gasteiger partial charge in [0.15, 0.2) is 0 Å². The Morgan fingerprint density at radius 1 is 1.25 bits per heavy atom. The van der Waals surface area contributed by atoms with E-state index in [4.69, 9.17) is 11.6 Å². The molecule has 0 aliphatic heterocycles. The second-order valence-corrected chi connectivity index (χ2v) is 5.11. The number of hydrogen-bond donors (Lipinski definition) is 0. The van der Waals surface area contributed by atoms with E-state index in [2.05, 4.69) is 37.2 Å². The molecule has 0 spiro atoms. The Kier molecular flexibility index (Phi) is 5.54. The summed E-state index contributed by atoms with van der Waals surface area (Å²) in [6.45, 7) is 5.17. The highest BCUT2D eigenvalue weighted by atomic mass is 35.5. The molecule has 0 saturated heterocycles. The fourth-order valence-electron chi connectivity index (χ4n) is 1.57. The zero-order valence-electron chi connectivity index (χ0n) is 10.1. The number of alkyl halides is 1. The van der Waals surface area contributed by atoms with Crippen LogP contribution in [0.25, 0.3) is 0 Å². The third kappa shape index (κ3) is 5.32. The lowest BCUT2D eigenvalue weighted by Gasteiger charge is -2.18. The Balaban J connectivity index is 2.42. The van der Waals surface area contributed by atoms with Crippen molar-refractivity contribution in [3.8, 4) is 0 Å². The van der Waals surface area contributed by atoms with Gasteiger partial charge in [-0.1, -0.05) is 44.2 Å². The van der Waals surface area contributed by atoms with Crippen molar-refractivity contribution in [3.05, 3.63) is 35.9 Å². The first kappa shape index (κ1) is 13.2. The normalized spacial score (nSPS) is 12.2. The minimum Gasteiger partial charge on any atom is -0.292 e. The minimum absolute atomic E-state index is 0.156. The van der Waals surface area contributed by atoms with Crippen LogP contribution in [0.1, 0.15) is 32.3 Å². The van der Waals surface area contributed by atoms with Crippen molar-refractivity contribution in [2.45, 2.75) is 33.2 Å². The Bertz CT molecular complexity index is 317. The SMILES string of the molecule is CC(C)(C=NCc1ccccc1)CCCCl. The van der Waals surface area contributed by atoms with Gasteiger partial charge in [-0.3, -0.25) is 4.99 Å². The molecule has 0 fully saturated rings. The summed E-state index contributed by atoms with van der Waals surface area (Å²) in [5, 5.41) is 0. The molecule has 88 valence electrons. The van der Waals surface area contributed by atoms with Crippen molar-refractivity contribution in [2.75, 3.05) is 5.88 Å².